The van der Waals surface area contributed by atoms with E-state index in [9.17, 15) is 33.7 Å². The summed E-state index contributed by atoms with van der Waals surface area (Å²) in [5, 5.41) is 47.2. The number of sulfonamides is 4. The molecule has 20 heterocycles. The van der Waals surface area contributed by atoms with E-state index in [-0.39, 0.29) is 18.1 Å². The van der Waals surface area contributed by atoms with Crippen molar-refractivity contribution in [3.8, 4) is 45.0 Å². The summed E-state index contributed by atoms with van der Waals surface area (Å²) in [6.07, 6.45) is 51.6. The van der Waals surface area contributed by atoms with Crippen LogP contribution in [-0.4, -0.2) is 219 Å². The molecule has 8 aliphatic rings. The van der Waals surface area contributed by atoms with Crippen LogP contribution in [0.3, 0.4) is 0 Å². The number of rotatable bonds is 29. The number of hydrogen-bond donors (Lipinski definition) is 11. The van der Waals surface area contributed by atoms with E-state index in [1.54, 1.807) is 25.8 Å². The molecule has 0 spiro atoms. The molecule has 40 nitrogen and oxygen atoms in total. The number of thiophene rings is 4. The quantitative estimate of drug-likeness (QED) is 0.0207. The van der Waals surface area contributed by atoms with Crippen LogP contribution < -0.4 is 56.7 Å². The Morgan fingerprint density at radius 2 is 0.664 bits per heavy atom. The van der Waals surface area contributed by atoms with Crippen molar-refractivity contribution in [3.63, 3.8) is 0 Å². The van der Waals surface area contributed by atoms with Crippen molar-refractivity contribution in [2.45, 2.75) is 146 Å². The minimum atomic E-state index is -3.56. The predicted molar refractivity (Wildman–Crippen MR) is 559 cm³/mol. The molecule has 11 N–H and O–H groups in total. The van der Waals surface area contributed by atoms with E-state index in [4.69, 9.17) is 19.9 Å². The Bertz CT molecular complexity index is 8200. The second kappa shape index (κ2) is 40.1. The molecule has 0 bridgehead atoms. The van der Waals surface area contributed by atoms with Gasteiger partial charge in [0, 0.05) is 158 Å². The summed E-state index contributed by atoms with van der Waals surface area (Å²) in [5.74, 6) is 2.77. The maximum absolute atomic E-state index is 13.2. The number of imidazole rings is 4. The summed E-state index contributed by atoms with van der Waals surface area (Å²) < 4.78 is 130. The number of nitrogens with one attached hydrogen (secondary N) is 11. The number of nitrogens with zero attached hydrogens (tertiary/aromatic N) is 21. The van der Waals surface area contributed by atoms with Gasteiger partial charge in [-0.3, -0.25) is 36.3 Å². The average molecular weight is 2080 g/mol. The topological polar surface area (TPSA) is 464 Å². The standard InChI is InChI=1S/3C24H28N8O2S2.C23H26N8O2S2/c1-15-9-21(35-24(15)36(33,34)31(3)18-6-7-18)29-22-23-26-12-20(17-11-27-30(2)13-17)32(23)14-19(28-22)16-5-4-8-25-10-16;1-15-9-21(35-24(15)36(33,34)30-18-6-3-7-18)29-22-23-26-12-20(17-11-27-31(2)13-17)32(23)14-19(28-22)16-5-4-8-25-10-16;1-15-8-21(35-24(15)36(33,34)28-9-16-5-6-16)30-22-23-26-12-20(18-11-27-31(2)13-18)32(23)14-19(29-22)17-4-3-7-25-10-17;1-14-8-20(34-23(14)35(32,33)29-17-5-6-17)28-21-22-25-11-19(16-10-26-30(2)12-16)31(22)13-18(27-21)15-4-3-7-24-9-15/h5,9,11-14,18,25H,4,6-8,10H2,1-3H3,(H,28,29);5,9,11-14,18,25,30H,3-4,6-8,10H2,1-2H3,(H,28,29);4,8,11-14,16,25,28H,3,5-7,9-10H2,1-2H3,(H,29,30);4,8,10-13,17,24,29H,3,5-7,9H2,1-2H3,(H,27,28). The Labute approximate surface area is 842 Å². The Kier molecular flexibility index (Phi) is 27.1. The second-order valence-corrected chi connectivity index (χ2v) is 49.3. The van der Waals surface area contributed by atoms with Gasteiger partial charge in [0.1, 0.15) is 16.8 Å². The SMILES string of the molecule is Cc1cc(Nc2nc(C3=CCCNC3)cn3c(-c4cnn(C)c4)cnc23)sc1S(=O)(=O)N(C)C1CC1.Cc1cc(Nc2nc(C3=CCCNC3)cn3c(-c4cnn(C)c4)cnc23)sc1S(=O)(=O)NC1CC1.Cc1cc(Nc2nc(C3=CCCNC3)cn3c(-c4cnn(C)c4)cnc23)sc1S(=O)(=O)NC1CCC1.Cc1cc(Nc2nc(C3=CCCNC3)cn3c(-c4cnn(C)c4)cnc23)sc1S(=O)(=O)NCC1CC1. The highest BCUT2D eigenvalue weighted by Gasteiger charge is 2.39. The van der Waals surface area contributed by atoms with Crippen LogP contribution >= 0.6 is 45.3 Å². The highest BCUT2D eigenvalue weighted by Crippen LogP contribution is 2.44. The molecule has 0 radical (unpaired) electrons. The molecule has 16 aromatic heterocycles. The van der Waals surface area contributed by atoms with Crippen LogP contribution in [0.25, 0.3) is 89.9 Å². The van der Waals surface area contributed by atoms with Gasteiger partial charge in [0.15, 0.2) is 45.9 Å². The van der Waals surface area contributed by atoms with Gasteiger partial charge in [-0.15, -0.1) is 45.3 Å². The minimum Gasteiger partial charge on any atom is -0.329 e. The van der Waals surface area contributed by atoms with E-state index in [1.807, 2.05) is 197 Å². The lowest BCUT2D eigenvalue weighted by atomic mass is 9.94. The van der Waals surface area contributed by atoms with E-state index in [0.29, 0.717) is 112 Å². The van der Waals surface area contributed by atoms with Crippen molar-refractivity contribution in [1.29, 1.82) is 0 Å². The zero-order chi connectivity index (χ0) is 98.9. The summed E-state index contributed by atoms with van der Waals surface area (Å²) in [6.45, 7) is 14.5. The minimum absolute atomic E-state index is 0.0408. The number of anilines is 8. The van der Waals surface area contributed by atoms with Crippen molar-refractivity contribution >= 4 is 174 Å². The Balaban J connectivity index is 0.000000113. The van der Waals surface area contributed by atoms with E-state index < -0.39 is 40.1 Å². The molecule has 0 unspecified atom stereocenters. The molecule has 48 heteroatoms. The maximum atomic E-state index is 13.2. The highest BCUT2D eigenvalue weighted by atomic mass is 32.3. The Morgan fingerprint density at radius 3 is 0.923 bits per heavy atom. The fraction of sp³-hybridized carbons (Fsp3) is 0.368. The van der Waals surface area contributed by atoms with E-state index in [2.05, 4.69) is 121 Å². The zero-order valence-electron chi connectivity index (χ0n) is 80.1. The third-order valence-electron chi connectivity index (χ3n) is 25.8. The molecular formula is C95H110N32O8S8. The van der Waals surface area contributed by atoms with Crippen molar-refractivity contribution in [2.75, 3.05) is 87.2 Å². The number of aryl methyl sites for hydroxylation is 8. The second-order valence-electron chi connectivity index (χ2n) is 37.2. The van der Waals surface area contributed by atoms with Crippen molar-refractivity contribution < 1.29 is 33.7 Å². The first kappa shape index (κ1) is 96.9. The molecule has 143 heavy (non-hydrogen) atoms. The van der Waals surface area contributed by atoms with Gasteiger partial charge in [-0.25, -0.2) is 87.7 Å². The fourth-order valence-electron chi connectivity index (χ4n) is 17.6. The molecule has 16 aromatic rings. The lowest BCUT2D eigenvalue weighted by molar-refractivity contribution is 0.384. The van der Waals surface area contributed by atoms with Crippen LogP contribution in [0, 0.1) is 33.6 Å². The third-order valence-corrected chi connectivity index (χ3v) is 39.4. The summed E-state index contributed by atoms with van der Waals surface area (Å²) in [6, 6.07) is 7.64. The monoisotopic (exact) mass is 2080 g/mol. The van der Waals surface area contributed by atoms with Crippen molar-refractivity contribution in [2.24, 2.45) is 34.1 Å². The summed E-state index contributed by atoms with van der Waals surface area (Å²) in [4.78, 5) is 38.3. The Hall–Kier alpha value is -12.2. The number of fused-ring (bicyclic) bond motifs is 4. The van der Waals surface area contributed by atoms with Crippen LogP contribution in [-0.2, 0) is 68.3 Å². The first-order valence-electron chi connectivity index (χ1n) is 47.5. The molecule has 746 valence electrons. The lowest BCUT2D eigenvalue weighted by Crippen LogP contribution is -2.39. The molecule has 4 aliphatic heterocycles. The van der Waals surface area contributed by atoms with Gasteiger partial charge >= 0.3 is 0 Å². The summed E-state index contributed by atoms with van der Waals surface area (Å²) in [7, 11) is -4.97. The molecule has 4 saturated carbocycles. The van der Waals surface area contributed by atoms with Crippen molar-refractivity contribution in [3.05, 3.63) is 193 Å². The van der Waals surface area contributed by atoms with Crippen LogP contribution in [0.4, 0.5) is 43.3 Å². The van der Waals surface area contributed by atoms with Gasteiger partial charge in [0.25, 0.3) is 30.1 Å². The van der Waals surface area contributed by atoms with Gasteiger partial charge in [-0.05, 0) is 206 Å². The van der Waals surface area contributed by atoms with Crippen LogP contribution in [0.1, 0.15) is 129 Å². The maximum Gasteiger partial charge on any atom is 0.252 e. The van der Waals surface area contributed by atoms with Gasteiger partial charge in [-0.1, -0.05) is 30.7 Å². The van der Waals surface area contributed by atoms with Crippen LogP contribution in [0.5, 0.6) is 0 Å². The smallest absolute Gasteiger partial charge is 0.252 e. The number of aromatic nitrogens is 20. The average Bonchev–Trinajstić information content (AvgIpc) is 1.62. The van der Waals surface area contributed by atoms with Gasteiger partial charge in [0.2, 0.25) is 10.0 Å². The first-order valence-corrected chi connectivity index (χ1v) is 56.7. The summed E-state index contributed by atoms with van der Waals surface area (Å²) in [5.41, 5.74) is 20.7. The fourth-order valence-corrected chi connectivity index (χ4v) is 29.4. The normalized spacial score (nSPS) is 16.6. The molecule has 0 aromatic carbocycles. The Morgan fingerprint density at radius 1 is 0.371 bits per heavy atom. The molecule has 24 rings (SSSR count). The molecular weight excluding hydrogens is 1970 g/mol. The van der Waals surface area contributed by atoms with Gasteiger partial charge in [-0.2, -0.15) is 24.7 Å². The van der Waals surface area contributed by atoms with Crippen LogP contribution in [0.15, 0.2) is 165 Å². The van der Waals surface area contributed by atoms with Crippen molar-refractivity contribution in [1.82, 2.24) is 136 Å². The summed E-state index contributed by atoms with van der Waals surface area (Å²) >= 11 is 4.87. The van der Waals surface area contributed by atoms with Gasteiger partial charge in [0.05, 0.1) is 115 Å². The molecule has 4 fully saturated rings. The van der Waals surface area contributed by atoms with Gasteiger partial charge < -0.3 is 42.5 Å². The molecule has 4 aliphatic carbocycles. The third kappa shape index (κ3) is 21.1. The molecule has 0 saturated heterocycles. The van der Waals surface area contributed by atoms with Crippen LogP contribution in [0.2, 0.25) is 0 Å². The van der Waals surface area contributed by atoms with E-state index in [0.717, 1.165) is 231 Å². The van der Waals surface area contributed by atoms with E-state index in [1.165, 1.54) is 49.7 Å². The predicted octanol–water partition coefficient (Wildman–Crippen LogP) is 13.2. The zero-order valence-corrected chi connectivity index (χ0v) is 86.7. The van der Waals surface area contributed by atoms with E-state index >= 15 is 0 Å². The molecule has 0 atom stereocenters. The highest BCUT2D eigenvalue weighted by molar-refractivity contribution is 7.92. The molecule has 0 amide bonds. The lowest BCUT2D eigenvalue weighted by Gasteiger charge is -2.25. The largest absolute Gasteiger partial charge is 0.329 e. The first-order chi connectivity index (χ1) is 68.9. The number of hydrogen-bond acceptors (Lipinski definition) is 32.